The summed E-state index contributed by atoms with van der Waals surface area (Å²) in [6.07, 6.45) is 0.700. The predicted molar refractivity (Wildman–Crippen MR) is 45.6 cm³/mol. The highest BCUT2D eigenvalue weighted by Crippen LogP contribution is 2.16. The van der Waals surface area contributed by atoms with E-state index in [-0.39, 0.29) is 0 Å². The summed E-state index contributed by atoms with van der Waals surface area (Å²) in [6, 6.07) is 3.21. The molecule has 0 bridgehead atoms. The van der Waals surface area contributed by atoms with Crippen LogP contribution in [-0.4, -0.2) is 4.98 Å². The smallest absolute Gasteiger partial charge is 0.129 e. The molecule has 1 aromatic rings. The minimum atomic E-state index is 0.417. The van der Waals surface area contributed by atoms with Crippen molar-refractivity contribution in [3.05, 3.63) is 28.2 Å². The molecule has 0 aliphatic rings. The maximum absolute atomic E-state index is 10.3. The average Bonchev–Trinajstić information content (AvgIpc) is 2.04. The van der Waals surface area contributed by atoms with Gasteiger partial charge in [0.25, 0.3) is 0 Å². The summed E-state index contributed by atoms with van der Waals surface area (Å²) in [5.74, 6) is 0. The van der Waals surface area contributed by atoms with E-state index >= 15 is 0 Å². The summed E-state index contributed by atoms with van der Waals surface area (Å²) < 4.78 is 0. The number of nitrogens with one attached hydrogen (secondary N) is 1. The first kappa shape index (κ1) is 8.30. The molecule has 1 aromatic heterocycles. The van der Waals surface area contributed by atoms with Crippen molar-refractivity contribution in [1.82, 2.24) is 4.98 Å². The van der Waals surface area contributed by atoms with Gasteiger partial charge in [-0.2, -0.15) is 0 Å². The quantitative estimate of drug-likeness (QED) is 0.548. The first-order valence-electron chi connectivity index (χ1n) is 3.31. The molecule has 0 radical (unpaired) electrons. The molecular formula is C7H8ClN2O-. The van der Waals surface area contributed by atoms with Crippen molar-refractivity contribution in [2.75, 3.05) is 5.48 Å². The first-order valence-corrected chi connectivity index (χ1v) is 3.69. The summed E-state index contributed by atoms with van der Waals surface area (Å²) in [7, 11) is 0. The second-order valence-electron chi connectivity index (χ2n) is 2.08. The van der Waals surface area contributed by atoms with Crippen molar-refractivity contribution in [2.45, 2.75) is 13.3 Å². The van der Waals surface area contributed by atoms with Crippen LogP contribution in [0.15, 0.2) is 12.1 Å². The summed E-state index contributed by atoms with van der Waals surface area (Å²) in [6.45, 7) is 1.92. The van der Waals surface area contributed by atoms with Gasteiger partial charge in [0.1, 0.15) is 5.15 Å². The van der Waals surface area contributed by atoms with E-state index in [1.165, 1.54) is 0 Å². The van der Waals surface area contributed by atoms with E-state index < -0.39 is 0 Å². The summed E-state index contributed by atoms with van der Waals surface area (Å²) >= 11 is 5.61. The van der Waals surface area contributed by atoms with E-state index in [0.29, 0.717) is 23.0 Å². The lowest BCUT2D eigenvalue weighted by molar-refractivity contribution is 1.04. The van der Waals surface area contributed by atoms with E-state index in [1.807, 2.05) is 6.92 Å². The normalized spacial score (nSPS) is 9.73. The molecule has 0 saturated heterocycles. The summed E-state index contributed by atoms with van der Waals surface area (Å²) in [5, 5.41) is 10.7. The predicted octanol–water partition coefficient (Wildman–Crippen LogP) is 2.21. The van der Waals surface area contributed by atoms with Gasteiger partial charge in [0.05, 0.1) is 5.69 Å². The molecule has 0 aromatic carbocycles. The van der Waals surface area contributed by atoms with Crippen molar-refractivity contribution in [1.29, 1.82) is 0 Å². The topological polar surface area (TPSA) is 48.0 Å². The molecule has 60 valence electrons. The number of nitrogens with zero attached hydrogens (tertiary/aromatic N) is 1. The molecule has 1 heterocycles. The Morgan fingerprint density at radius 1 is 1.64 bits per heavy atom. The van der Waals surface area contributed by atoms with Crippen LogP contribution in [0.3, 0.4) is 0 Å². The van der Waals surface area contributed by atoms with Crippen LogP contribution in [0.1, 0.15) is 12.6 Å². The molecule has 0 aliphatic carbocycles. The Balaban J connectivity index is 3.06. The highest BCUT2D eigenvalue weighted by atomic mass is 35.5. The molecule has 0 fully saturated rings. The average molecular weight is 172 g/mol. The van der Waals surface area contributed by atoms with Gasteiger partial charge in [-0.1, -0.05) is 18.5 Å². The lowest BCUT2D eigenvalue weighted by Gasteiger charge is -2.12. The van der Waals surface area contributed by atoms with E-state index in [1.54, 1.807) is 17.6 Å². The van der Waals surface area contributed by atoms with E-state index in [4.69, 9.17) is 11.6 Å². The highest BCUT2D eigenvalue weighted by Gasteiger charge is 1.98. The molecule has 1 rings (SSSR count). The molecule has 1 N–H and O–H groups in total. The SMILES string of the molecule is CCc1nc(Cl)ccc1N[O-]. The van der Waals surface area contributed by atoms with Crippen molar-refractivity contribution >= 4 is 17.3 Å². The van der Waals surface area contributed by atoms with Crippen molar-refractivity contribution < 1.29 is 0 Å². The molecule has 0 atom stereocenters. The molecule has 0 aliphatic heterocycles. The number of pyridine rings is 1. The minimum absolute atomic E-state index is 0.417. The molecular weight excluding hydrogens is 164 g/mol. The largest absolute Gasteiger partial charge is 0.761 e. The number of anilines is 1. The fourth-order valence-corrected chi connectivity index (χ4v) is 1.00. The van der Waals surface area contributed by atoms with Gasteiger partial charge in [-0.15, -0.1) is 0 Å². The van der Waals surface area contributed by atoms with Gasteiger partial charge in [0, 0.05) is 5.69 Å². The van der Waals surface area contributed by atoms with Crippen LogP contribution in [0.5, 0.6) is 0 Å². The van der Waals surface area contributed by atoms with Gasteiger partial charge in [-0.25, -0.2) is 4.98 Å². The van der Waals surface area contributed by atoms with Crippen LogP contribution in [0.4, 0.5) is 5.69 Å². The Labute approximate surface area is 70.0 Å². The molecule has 0 saturated carbocycles. The van der Waals surface area contributed by atoms with E-state index in [9.17, 15) is 5.21 Å². The fraction of sp³-hybridized carbons (Fsp3) is 0.286. The van der Waals surface area contributed by atoms with Crippen molar-refractivity contribution in [2.24, 2.45) is 0 Å². The van der Waals surface area contributed by atoms with Crippen LogP contribution in [-0.2, 0) is 6.42 Å². The first-order chi connectivity index (χ1) is 5.27. The van der Waals surface area contributed by atoms with Crippen LogP contribution in [0.2, 0.25) is 5.15 Å². The number of hydrogen-bond donors (Lipinski definition) is 1. The number of hydrogen-bond acceptors (Lipinski definition) is 3. The third-order valence-corrected chi connectivity index (χ3v) is 1.60. The van der Waals surface area contributed by atoms with Crippen LogP contribution in [0, 0.1) is 5.21 Å². The Kier molecular flexibility index (Phi) is 2.68. The molecule has 0 unspecified atom stereocenters. The third-order valence-electron chi connectivity index (χ3n) is 1.39. The number of aryl methyl sites for hydroxylation is 1. The van der Waals surface area contributed by atoms with Crippen molar-refractivity contribution in [3.8, 4) is 0 Å². The lowest BCUT2D eigenvalue weighted by atomic mass is 10.2. The van der Waals surface area contributed by atoms with Gasteiger partial charge in [-0.3, -0.25) is 0 Å². The molecule has 3 nitrogen and oxygen atoms in total. The zero-order valence-corrected chi connectivity index (χ0v) is 6.85. The van der Waals surface area contributed by atoms with Crippen LogP contribution in [0.25, 0.3) is 0 Å². The zero-order valence-electron chi connectivity index (χ0n) is 6.10. The molecule has 0 amide bonds. The van der Waals surface area contributed by atoms with Gasteiger partial charge in [-0.05, 0) is 18.6 Å². The van der Waals surface area contributed by atoms with Crippen LogP contribution < -0.4 is 5.48 Å². The number of rotatable bonds is 2. The van der Waals surface area contributed by atoms with Crippen molar-refractivity contribution in [3.63, 3.8) is 0 Å². The van der Waals surface area contributed by atoms with Gasteiger partial charge < -0.3 is 10.7 Å². The Morgan fingerprint density at radius 2 is 2.36 bits per heavy atom. The highest BCUT2D eigenvalue weighted by molar-refractivity contribution is 6.29. The molecule has 11 heavy (non-hydrogen) atoms. The molecule has 0 spiro atoms. The second kappa shape index (κ2) is 3.55. The van der Waals surface area contributed by atoms with E-state index in [0.717, 1.165) is 0 Å². The summed E-state index contributed by atoms with van der Waals surface area (Å²) in [4.78, 5) is 3.97. The Hall–Kier alpha value is -0.800. The minimum Gasteiger partial charge on any atom is -0.761 e. The fourth-order valence-electron chi connectivity index (χ4n) is 0.837. The second-order valence-corrected chi connectivity index (χ2v) is 2.47. The summed E-state index contributed by atoms with van der Waals surface area (Å²) in [5.41, 5.74) is 3.00. The van der Waals surface area contributed by atoms with Gasteiger partial charge in [0.15, 0.2) is 0 Å². The molecule has 4 heteroatoms. The Bertz CT molecular complexity index is 252. The van der Waals surface area contributed by atoms with Crippen LogP contribution >= 0.6 is 11.6 Å². The Morgan fingerprint density at radius 3 is 2.91 bits per heavy atom. The maximum Gasteiger partial charge on any atom is 0.129 e. The number of aromatic nitrogens is 1. The standard InChI is InChI=1S/C7H8ClN2O/c1-2-5-6(10-11)3-4-7(8)9-5/h3-4,10H,2H2,1H3/q-1. The maximum atomic E-state index is 10.3. The zero-order chi connectivity index (χ0) is 8.27. The lowest BCUT2D eigenvalue weighted by Crippen LogP contribution is -1.95. The third kappa shape index (κ3) is 1.82. The van der Waals surface area contributed by atoms with Gasteiger partial charge >= 0.3 is 0 Å². The monoisotopic (exact) mass is 171 g/mol. The van der Waals surface area contributed by atoms with E-state index in [2.05, 4.69) is 4.98 Å². The number of halogens is 1. The van der Waals surface area contributed by atoms with Gasteiger partial charge in [0.2, 0.25) is 0 Å².